The summed E-state index contributed by atoms with van der Waals surface area (Å²) in [6, 6.07) is 14.7. The number of para-hydroxylation sites is 1. The second-order valence-corrected chi connectivity index (χ2v) is 7.78. The maximum Gasteiger partial charge on any atom is 0.264 e. The molecule has 4 rings (SSSR count). The summed E-state index contributed by atoms with van der Waals surface area (Å²) in [5, 5.41) is 2.53. The van der Waals surface area contributed by atoms with Gasteiger partial charge in [0.25, 0.3) is 10.0 Å². The molecule has 0 saturated carbocycles. The van der Waals surface area contributed by atoms with Crippen molar-refractivity contribution < 1.29 is 8.42 Å². The summed E-state index contributed by atoms with van der Waals surface area (Å²) in [5.74, 6) is 0. The lowest BCUT2D eigenvalue weighted by molar-refractivity contribution is 0.602. The molecule has 0 spiro atoms. The number of aromatic amines is 1. The maximum atomic E-state index is 12.8. The third kappa shape index (κ3) is 2.57. The molecular weight excluding hydrogens is 342 g/mol. The van der Waals surface area contributed by atoms with E-state index in [2.05, 4.69) is 14.7 Å². The molecule has 0 unspecified atom stereocenters. The molecule has 7 heteroatoms. The molecule has 0 bridgehead atoms. The van der Waals surface area contributed by atoms with Gasteiger partial charge in [-0.1, -0.05) is 24.3 Å². The van der Waals surface area contributed by atoms with Crippen molar-refractivity contribution in [2.75, 3.05) is 4.72 Å². The number of pyridine rings is 1. The fraction of sp³-hybridized carbons (Fsp3) is 0. The zero-order valence-electron chi connectivity index (χ0n) is 12.4. The van der Waals surface area contributed by atoms with Crippen LogP contribution in [-0.2, 0) is 10.0 Å². The number of benzene rings is 1. The molecule has 120 valence electrons. The van der Waals surface area contributed by atoms with Crippen molar-refractivity contribution in [1.29, 1.82) is 0 Å². The Hall–Kier alpha value is -2.64. The highest BCUT2D eigenvalue weighted by atomic mass is 32.2. The van der Waals surface area contributed by atoms with Crippen LogP contribution in [0.25, 0.3) is 21.5 Å². The van der Waals surface area contributed by atoms with Gasteiger partial charge in [0.2, 0.25) is 0 Å². The van der Waals surface area contributed by atoms with E-state index < -0.39 is 10.0 Å². The van der Waals surface area contributed by atoms with Crippen molar-refractivity contribution >= 4 is 38.1 Å². The SMILES string of the molecule is O=S(=O)(Nc1ccccc1-c1cccs1)c1c[nH]c2ncccc12. The first kappa shape index (κ1) is 14.9. The smallest absolute Gasteiger partial charge is 0.264 e. The van der Waals surface area contributed by atoms with Gasteiger partial charge in [-0.15, -0.1) is 11.3 Å². The van der Waals surface area contributed by atoms with Crippen molar-refractivity contribution in [1.82, 2.24) is 9.97 Å². The van der Waals surface area contributed by atoms with Gasteiger partial charge >= 0.3 is 0 Å². The number of hydrogen-bond donors (Lipinski definition) is 2. The lowest BCUT2D eigenvalue weighted by Crippen LogP contribution is -2.13. The fourth-order valence-corrected chi connectivity index (χ4v) is 4.58. The Balaban J connectivity index is 1.78. The minimum atomic E-state index is -3.73. The standard InChI is InChI=1S/C17H13N3O2S2/c21-24(22,16-11-19-17-13(16)6-3-9-18-17)20-14-7-2-1-5-12(14)15-8-4-10-23-15/h1-11,20H,(H,18,19). The second kappa shape index (κ2) is 5.77. The Kier molecular flexibility index (Phi) is 3.59. The van der Waals surface area contributed by atoms with Crippen LogP contribution < -0.4 is 4.72 Å². The van der Waals surface area contributed by atoms with E-state index >= 15 is 0 Å². The predicted molar refractivity (Wildman–Crippen MR) is 96.7 cm³/mol. The van der Waals surface area contributed by atoms with E-state index in [1.807, 2.05) is 35.7 Å². The molecule has 0 atom stereocenters. The molecule has 0 aliphatic rings. The van der Waals surface area contributed by atoms with Gasteiger partial charge in [-0.05, 0) is 29.6 Å². The largest absolute Gasteiger partial charge is 0.345 e. The van der Waals surface area contributed by atoms with E-state index in [0.29, 0.717) is 16.7 Å². The van der Waals surface area contributed by atoms with Crippen LogP contribution in [0.15, 0.2) is 71.2 Å². The first-order valence-corrected chi connectivity index (χ1v) is 9.59. The number of rotatable bonds is 4. The van der Waals surface area contributed by atoms with Gasteiger partial charge in [0.15, 0.2) is 0 Å². The number of fused-ring (bicyclic) bond motifs is 1. The highest BCUT2D eigenvalue weighted by molar-refractivity contribution is 7.93. The summed E-state index contributed by atoms with van der Waals surface area (Å²) in [5.41, 5.74) is 1.96. The third-order valence-electron chi connectivity index (χ3n) is 3.66. The average molecular weight is 355 g/mol. The summed E-state index contributed by atoms with van der Waals surface area (Å²) >= 11 is 1.57. The molecule has 2 N–H and O–H groups in total. The van der Waals surface area contributed by atoms with E-state index in [0.717, 1.165) is 10.4 Å². The molecule has 3 heterocycles. The number of aromatic nitrogens is 2. The Morgan fingerprint density at radius 1 is 1.04 bits per heavy atom. The zero-order valence-corrected chi connectivity index (χ0v) is 14.1. The van der Waals surface area contributed by atoms with Crippen LogP contribution in [0.2, 0.25) is 0 Å². The fourth-order valence-electron chi connectivity index (χ4n) is 2.57. The van der Waals surface area contributed by atoms with E-state index in [1.165, 1.54) is 6.20 Å². The van der Waals surface area contributed by atoms with Crippen LogP contribution in [0.1, 0.15) is 0 Å². The number of thiophene rings is 1. The molecule has 0 aliphatic heterocycles. The summed E-state index contributed by atoms with van der Waals surface area (Å²) in [4.78, 5) is 8.22. The second-order valence-electron chi connectivity index (χ2n) is 5.18. The van der Waals surface area contributed by atoms with Gasteiger partial charge in [-0.25, -0.2) is 13.4 Å². The third-order valence-corrected chi connectivity index (χ3v) is 5.97. The minimum Gasteiger partial charge on any atom is -0.345 e. The van der Waals surface area contributed by atoms with Crippen LogP contribution in [0.4, 0.5) is 5.69 Å². The number of hydrogen-bond acceptors (Lipinski definition) is 4. The minimum absolute atomic E-state index is 0.187. The summed E-state index contributed by atoms with van der Waals surface area (Å²) in [7, 11) is -3.73. The molecule has 0 radical (unpaired) electrons. The summed E-state index contributed by atoms with van der Waals surface area (Å²) < 4.78 is 28.4. The van der Waals surface area contributed by atoms with E-state index in [-0.39, 0.29) is 4.90 Å². The maximum absolute atomic E-state index is 12.8. The average Bonchev–Trinajstić information content (AvgIpc) is 3.25. The van der Waals surface area contributed by atoms with E-state index in [4.69, 9.17) is 0 Å². The Morgan fingerprint density at radius 2 is 1.92 bits per heavy atom. The first-order valence-electron chi connectivity index (χ1n) is 7.23. The van der Waals surface area contributed by atoms with E-state index in [9.17, 15) is 8.42 Å². The van der Waals surface area contributed by atoms with Crippen molar-refractivity contribution in [2.24, 2.45) is 0 Å². The predicted octanol–water partition coefficient (Wildman–Crippen LogP) is 4.09. The van der Waals surface area contributed by atoms with Gasteiger partial charge in [0.05, 0.1) is 5.69 Å². The van der Waals surface area contributed by atoms with Gasteiger partial charge in [0, 0.05) is 28.2 Å². The Bertz CT molecular complexity index is 1100. The van der Waals surface area contributed by atoms with Gasteiger partial charge in [0.1, 0.15) is 10.5 Å². The summed E-state index contributed by atoms with van der Waals surface area (Å²) in [6.07, 6.45) is 3.09. The van der Waals surface area contributed by atoms with Crippen molar-refractivity contribution in [2.45, 2.75) is 4.90 Å². The Labute approximate surface area is 143 Å². The molecule has 0 amide bonds. The summed E-state index contributed by atoms with van der Waals surface area (Å²) in [6.45, 7) is 0. The normalized spacial score (nSPS) is 11.7. The lowest BCUT2D eigenvalue weighted by atomic mass is 10.1. The van der Waals surface area contributed by atoms with Crippen LogP contribution >= 0.6 is 11.3 Å². The molecule has 0 saturated heterocycles. The molecule has 24 heavy (non-hydrogen) atoms. The monoisotopic (exact) mass is 355 g/mol. The van der Waals surface area contributed by atoms with Crippen LogP contribution in [0, 0.1) is 0 Å². The van der Waals surface area contributed by atoms with Gasteiger partial charge in [-0.2, -0.15) is 0 Å². The van der Waals surface area contributed by atoms with Gasteiger partial charge < -0.3 is 4.98 Å². The van der Waals surface area contributed by atoms with Crippen molar-refractivity contribution in [3.63, 3.8) is 0 Å². The van der Waals surface area contributed by atoms with E-state index in [1.54, 1.807) is 35.7 Å². The number of nitrogens with zero attached hydrogens (tertiary/aromatic N) is 1. The molecule has 0 aliphatic carbocycles. The first-order chi connectivity index (χ1) is 11.6. The molecule has 3 aromatic heterocycles. The number of sulfonamides is 1. The highest BCUT2D eigenvalue weighted by Crippen LogP contribution is 2.33. The zero-order chi connectivity index (χ0) is 16.6. The van der Waals surface area contributed by atoms with Crippen LogP contribution in [0.3, 0.4) is 0 Å². The lowest BCUT2D eigenvalue weighted by Gasteiger charge is -2.11. The number of nitrogens with one attached hydrogen (secondary N) is 2. The molecule has 4 aromatic rings. The van der Waals surface area contributed by atoms with Crippen LogP contribution in [0.5, 0.6) is 0 Å². The Morgan fingerprint density at radius 3 is 2.75 bits per heavy atom. The van der Waals surface area contributed by atoms with Crippen LogP contribution in [-0.4, -0.2) is 18.4 Å². The molecule has 0 fully saturated rings. The molecule has 5 nitrogen and oxygen atoms in total. The highest BCUT2D eigenvalue weighted by Gasteiger charge is 2.21. The number of H-pyrrole nitrogens is 1. The van der Waals surface area contributed by atoms with Crippen molar-refractivity contribution in [3.8, 4) is 10.4 Å². The van der Waals surface area contributed by atoms with Gasteiger partial charge in [-0.3, -0.25) is 4.72 Å². The topological polar surface area (TPSA) is 74.8 Å². The molecular formula is C17H13N3O2S2. The number of anilines is 1. The van der Waals surface area contributed by atoms with Crippen molar-refractivity contribution in [3.05, 3.63) is 66.3 Å². The quantitative estimate of drug-likeness (QED) is 0.579. The molecule has 1 aromatic carbocycles.